The van der Waals surface area contributed by atoms with Crippen LogP contribution in [0.4, 0.5) is 8.78 Å². The van der Waals surface area contributed by atoms with Crippen LogP contribution in [-0.4, -0.2) is 26.1 Å². The van der Waals surface area contributed by atoms with E-state index in [0.717, 1.165) is 18.4 Å². The van der Waals surface area contributed by atoms with Crippen molar-refractivity contribution in [3.8, 4) is 0 Å². The fourth-order valence-corrected chi connectivity index (χ4v) is 3.40. The summed E-state index contributed by atoms with van der Waals surface area (Å²) in [6, 6.07) is 10.3. The van der Waals surface area contributed by atoms with Crippen LogP contribution in [0.25, 0.3) is 0 Å². The Balaban J connectivity index is 1.52. The molecule has 1 amide bonds. The number of tetrazole rings is 1. The monoisotopic (exact) mass is 397 g/mol. The third kappa shape index (κ3) is 4.47. The normalized spacial score (nSPS) is 14.6. The molecule has 1 aliphatic rings. The van der Waals surface area contributed by atoms with Gasteiger partial charge in [0.2, 0.25) is 5.91 Å². The third-order valence-corrected chi connectivity index (χ3v) is 5.14. The van der Waals surface area contributed by atoms with Crippen LogP contribution in [0, 0.1) is 18.6 Å². The van der Waals surface area contributed by atoms with E-state index in [-0.39, 0.29) is 30.5 Å². The van der Waals surface area contributed by atoms with E-state index in [1.165, 1.54) is 22.9 Å². The summed E-state index contributed by atoms with van der Waals surface area (Å²) in [5, 5.41) is 14.1. The van der Waals surface area contributed by atoms with Crippen molar-refractivity contribution in [1.82, 2.24) is 25.5 Å². The van der Waals surface area contributed by atoms with Crippen LogP contribution in [0.1, 0.15) is 47.3 Å². The molecule has 0 bridgehead atoms. The molecule has 2 aromatic carbocycles. The number of hydrogen-bond acceptors (Lipinski definition) is 4. The molecule has 1 heterocycles. The molecule has 1 aliphatic carbocycles. The van der Waals surface area contributed by atoms with Crippen molar-refractivity contribution in [3.63, 3.8) is 0 Å². The molecule has 0 saturated heterocycles. The molecule has 1 N–H and O–H groups in total. The molecule has 1 aromatic heterocycles. The van der Waals surface area contributed by atoms with E-state index in [1.807, 2.05) is 6.07 Å². The zero-order chi connectivity index (χ0) is 20.4. The number of rotatable bonds is 7. The number of halogens is 2. The maximum atomic E-state index is 14.2. The second kappa shape index (κ2) is 8.06. The molecule has 0 radical (unpaired) electrons. The van der Waals surface area contributed by atoms with Gasteiger partial charge in [0.15, 0.2) is 0 Å². The second-order valence-corrected chi connectivity index (χ2v) is 7.36. The number of carbonyl (C=O) groups excluding carboxylic acids is 1. The van der Waals surface area contributed by atoms with E-state index in [0.29, 0.717) is 22.9 Å². The van der Waals surface area contributed by atoms with E-state index in [1.54, 1.807) is 25.1 Å². The summed E-state index contributed by atoms with van der Waals surface area (Å²) in [5.74, 6) is -0.136. The summed E-state index contributed by atoms with van der Waals surface area (Å²) in [7, 11) is 0. The van der Waals surface area contributed by atoms with Crippen LogP contribution < -0.4 is 5.32 Å². The smallest absolute Gasteiger partial charge is 0.245 e. The summed E-state index contributed by atoms with van der Waals surface area (Å²) in [6.07, 6.45) is 2.44. The number of nitrogens with zero attached hydrogens (tertiary/aromatic N) is 4. The van der Waals surface area contributed by atoms with Crippen molar-refractivity contribution < 1.29 is 13.6 Å². The average molecular weight is 397 g/mol. The van der Waals surface area contributed by atoms with Gasteiger partial charge in [-0.05, 0) is 65.4 Å². The molecular weight excluding hydrogens is 376 g/mol. The Bertz CT molecular complexity index is 1030. The number of amides is 1. The van der Waals surface area contributed by atoms with Gasteiger partial charge in [0.25, 0.3) is 0 Å². The molecule has 0 aliphatic heterocycles. The van der Waals surface area contributed by atoms with E-state index in [9.17, 15) is 13.6 Å². The van der Waals surface area contributed by atoms with Gasteiger partial charge in [-0.15, -0.1) is 5.10 Å². The van der Waals surface area contributed by atoms with Gasteiger partial charge in [0, 0.05) is 18.5 Å². The number of carbonyl (C=O) groups is 1. The molecule has 3 aromatic rings. The molecule has 0 spiro atoms. The van der Waals surface area contributed by atoms with Crippen LogP contribution in [-0.2, 0) is 17.8 Å². The first-order chi connectivity index (χ1) is 14.0. The fourth-order valence-electron chi connectivity index (χ4n) is 3.40. The predicted octanol–water partition coefficient (Wildman–Crippen LogP) is 3.24. The lowest BCUT2D eigenvalue weighted by molar-refractivity contribution is -0.124. The Morgan fingerprint density at radius 3 is 2.76 bits per heavy atom. The summed E-state index contributed by atoms with van der Waals surface area (Å²) < 4.78 is 29.2. The van der Waals surface area contributed by atoms with Gasteiger partial charge >= 0.3 is 0 Å². The summed E-state index contributed by atoms with van der Waals surface area (Å²) in [5.41, 5.74) is 2.19. The highest BCUT2D eigenvalue weighted by Gasteiger charge is 2.26. The molecule has 29 heavy (non-hydrogen) atoms. The Labute approximate surface area is 166 Å². The summed E-state index contributed by atoms with van der Waals surface area (Å²) in [6.45, 7) is 1.75. The predicted molar refractivity (Wildman–Crippen MR) is 102 cm³/mol. The van der Waals surface area contributed by atoms with E-state index < -0.39 is 6.04 Å². The second-order valence-electron chi connectivity index (χ2n) is 7.36. The third-order valence-electron chi connectivity index (χ3n) is 5.14. The lowest BCUT2D eigenvalue weighted by atomic mass is 10.0. The van der Waals surface area contributed by atoms with E-state index in [4.69, 9.17) is 0 Å². The van der Waals surface area contributed by atoms with Gasteiger partial charge in [0.1, 0.15) is 23.5 Å². The van der Waals surface area contributed by atoms with Crippen LogP contribution in [0.15, 0.2) is 42.5 Å². The van der Waals surface area contributed by atoms with Crippen molar-refractivity contribution in [2.24, 2.45) is 0 Å². The molecule has 1 unspecified atom stereocenters. The minimum atomic E-state index is -0.776. The minimum Gasteiger partial charge on any atom is -0.350 e. The molecule has 1 saturated carbocycles. The molecule has 6 nitrogen and oxygen atoms in total. The minimum absolute atomic E-state index is 0.0616. The van der Waals surface area contributed by atoms with Gasteiger partial charge in [0.05, 0.1) is 0 Å². The van der Waals surface area contributed by atoms with Crippen LogP contribution in [0.3, 0.4) is 0 Å². The van der Waals surface area contributed by atoms with Gasteiger partial charge < -0.3 is 5.32 Å². The standard InChI is InChI=1S/C21H21F2N5O/c1-13-25-26-27-28(13)20(10-14-3-2-4-18(22)9-14)21(29)24-12-17-11-16(15-5-6-15)7-8-19(17)23/h2-4,7-9,11,15,20H,5-6,10,12H2,1H3,(H,24,29). The summed E-state index contributed by atoms with van der Waals surface area (Å²) in [4.78, 5) is 13.0. The van der Waals surface area contributed by atoms with Crippen LogP contribution in [0.2, 0.25) is 0 Å². The van der Waals surface area contributed by atoms with Crippen LogP contribution in [0.5, 0.6) is 0 Å². The van der Waals surface area contributed by atoms with Crippen molar-refractivity contribution in [1.29, 1.82) is 0 Å². The van der Waals surface area contributed by atoms with Crippen molar-refractivity contribution in [2.45, 2.75) is 44.7 Å². The maximum Gasteiger partial charge on any atom is 0.245 e. The molecule has 1 atom stereocenters. The molecule has 8 heteroatoms. The number of hydrogen-bond donors (Lipinski definition) is 1. The number of aromatic nitrogens is 4. The summed E-state index contributed by atoms with van der Waals surface area (Å²) >= 11 is 0. The van der Waals surface area contributed by atoms with E-state index in [2.05, 4.69) is 20.8 Å². The number of aryl methyl sites for hydroxylation is 1. The fraction of sp³-hybridized carbons (Fsp3) is 0.333. The SMILES string of the molecule is Cc1nnnn1C(Cc1cccc(F)c1)C(=O)NCc1cc(C2CC2)ccc1F. The van der Waals surface area contributed by atoms with Gasteiger partial charge in [-0.1, -0.05) is 24.3 Å². The molecule has 4 rings (SSSR count). The first-order valence-electron chi connectivity index (χ1n) is 9.56. The van der Waals surface area contributed by atoms with Crippen molar-refractivity contribution in [2.75, 3.05) is 0 Å². The Morgan fingerprint density at radius 1 is 1.24 bits per heavy atom. The highest BCUT2D eigenvalue weighted by molar-refractivity contribution is 5.80. The Hall–Kier alpha value is -3.16. The van der Waals surface area contributed by atoms with Crippen molar-refractivity contribution >= 4 is 5.91 Å². The average Bonchev–Trinajstić information content (AvgIpc) is 3.47. The number of benzene rings is 2. The zero-order valence-corrected chi connectivity index (χ0v) is 16.0. The lowest BCUT2D eigenvalue weighted by Crippen LogP contribution is -2.35. The molecular formula is C21H21F2N5O. The molecule has 1 fully saturated rings. The first kappa shape index (κ1) is 19.2. The Morgan fingerprint density at radius 2 is 2.07 bits per heavy atom. The quantitative estimate of drug-likeness (QED) is 0.664. The Kier molecular flexibility index (Phi) is 5.33. The largest absolute Gasteiger partial charge is 0.350 e. The van der Waals surface area contributed by atoms with Gasteiger partial charge in [-0.2, -0.15) is 0 Å². The van der Waals surface area contributed by atoms with E-state index >= 15 is 0 Å². The highest BCUT2D eigenvalue weighted by atomic mass is 19.1. The maximum absolute atomic E-state index is 14.2. The number of nitrogens with one attached hydrogen (secondary N) is 1. The zero-order valence-electron chi connectivity index (χ0n) is 16.0. The lowest BCUT2D eigenvalue weighted by Gasteiger charge is -2.18. The van der Waals surface area contributed by atoms with Gasteiger partial charge in [-0.25, -0.2) is 13.5 Å². The van der Waals surface area contributed by atoms with Crippen LogP contribution >= 0.6 is 0 Å². The molecule has 150 valence electrons. The first-order valence-corrected chi connectivity index (χ1v) is 9.56. The van der Waals surface area contributed by atoms with Crippen molar-refractivity contribution in [3.05, 3.63) is 76.6 Å². The van der Waals surface area contributed by atoms with Gasteiger partial charge in [-0.3, -0.25) is 4.79 Å². The highest BCUT2D eigenvalue weighted by Crippen LogP contribution is 2.40. The topological polar surface area (TPSA) is 72.7 Å².